The number of ether oxygens (including phenoxy) is 2. The predicted octanol–water partition coefficient (Wildman–Crippen LogP) is 1.83. The van der Waals surface area contributed by atoms with Crippen LogP contribution in [0.2, 0.25) is 0 Å². The largest absolute Gasteiger partial charge is 0.452 e. The van der Waals surface area contributed by atoms with Crippen molar-refractivity contribution in [3.8, 4) is 0 Å². The van der Waals surface area contributed by atoms with Gasteiger partial charge in [-0.3, -0.25) is 9.59 Å². The number of amides is 2. The van der Waals surface area contributed by atoms with Crippen LogP contribution in [0.3, 0.4) is 0 Å². The van der Waals surface area contributed by atoms with E-state index in [1.54, 1.807) is 0 Å². The van der Waals surface area contributed by atoms with Crippen LogP contribution in [0.15, 0.2) is 24.3 Å². The van der Waals surface area contributed by atoms with Crippen LogP contribution in [0.5, 0.6) is 0 Å². The predicted molar refractivity (Wildman–Crippen MR) is 103 cm³/mol. The average molecular weight is 392 g/mol. The number of carbonyl (C=O) groups is 4. The molecular weight excluding hydrogens is 364 g/mol. The van der Waals surface area contributed by atoms with Gasteiger partial charge < -0.3 is 20.1 Å². The lowest BCUT2D eigenvalue weighted by atomic mass is 10.1. The monoisotopic (exact) mass is 392 g/mol. The standard InChI is InChI=1S/C20H28N2O6/c1-5-13(3)21-17(23)11-27-19(25)15-7-9-16(10-8-15)20(26)28-12-18(24)22-14(4)6-2/h7-10,13-14H,5-6,11-12H2,1-4H3,(H,21,23)(H,22,24)/t13-,14-/m1/s1. The van der Waals surface area contributed by atoms with Crippen LogP contribution in [-0.4, -0.2) is 49.1 Å². The van der Waals surface area contributed by atoms with E-state index in [2.05, 4.69) is 10.6 Å². The molecule has 28 heavy (non-hydrogen) atoms. The Morgan fingerprint density at radius 1 is 0.750 bits per heavy atom. The second-order valence-corrected chi connectivity index (χ2v) is 6.48. The Kier molecular flexibility index (Phi) is 9.70. The summed E-state index contributed by atoms with van der Waals surface area (Å²) >= 11 is 0. The molecule has 0 heterocycles. The van der Waals surface area contributed by atoms with E-state index in [0.717, 1.165) is 12.8 Å². The maximum Gasteiger partial charge on any atom is 0.338 e. The summed E-state index contributed by atoms with van der Waals surface area (Å²) in [6, 6.07) is 5.58. The van der Waals surface area contributed by atoms with Gasteiger partial charge in [-0.25, -0.2) is 9.59 Å². The van der Waals surface area contributed by atoms with Crippen LogP contribution in [0.1, 0.15) is 61.3 Å². The number of benzene rings is 1. The minimum atomic E-state index is -0.674. The molecule has 0 unspecified atom stereocenters. The molecule has 1 rings (SSSR count). The fourth-order valence-electron chi connectivity index (χ4n) is 2.01. The molecule has 0 bridgehead atoms. The molecule has 2 atom stereocenters. The number of esters is 2. The van der Waals surface area contributed by atoms with Crippen molar-refractivity contribution in [2.24, 2.45) is 0 Å². The first-order valence-electron chi connectivity index (χ1n) is 9.29. The highest BCUT2D eigenvalue weighted by molar-refractivity contribution is 5.94. The molecule has 0 aliphatic heterocycles. The van der Waals surface area contributed by atoms with Gasteiger partial charge in [0, 0.05) is 12.1 Å². The zero-order valence-corrected chi connectivity index (χ0v) is 16.7. The van der Waals surface area contributed by atoms with Gasteiger partial charge in [0.25, 0.3) is 11.8 Å². The minimum Gasteiger partial charge on any atom is -0.452 e. The Labute approximate surface area is 165 Å². The van der Waals surface area contributed by atoms with Gasteiger partial charge in [0.2, 0.25) is 0 Å². The highest BCUT2D eigenvalue weighted by atomic mass is 16.5. The fraction of sp³-hybridized carbons (Fsp3) is 0.500. The summed E-state index contributed by atoms with van der Waals surface area (Å²) < 4.78 is 9.88. The Morgan fingerprint density at radius 2 is 1.07 bits per heavy atom. The fourth-order valence-corrected chi connectivity index (χ4v) is 2.01. The number of carbonyl (C=O) groups excluding carboxylic acids is 4. The lowest BCUT2D eigenvalue weighted by Crippen LogP contribution is -2.35. The molecule has 2 N–H and O–H groups in total. The molecule has 0 aromatic heterocycles. The molecule has 0 aliphatic rings. The molecule has 0 saturated carbocycles. The highest BCUT2D eigenvalue weighted by Gasteiger charge is 2.14. The van der Waals surface area contributed by atoms with Crippen LogP contribution < -0.4 is 10.6 Å². The van der Waals surface area contributed by atoms with E-state index < -0.39 is 11.9 Å². The minimum absolute atomic E-state index is 0.00349. The van der Waals surface area contributed by atoms with Crippen molar-refractivity contribution in [3.05, 3.63) is 35.4 Å². The van der Waals surface area contributed by atoms with E-state index in [1.165, 1.54) is 24.3 Å². The number of rotatable bonds is 10. The van der Waals surface area contributed by atoms with Gasteiger partial charge in [-0.15, -0.1) is 0 Å². The zero-order valence-electron chi connectivity index (χ0n) is 16.7. The molecule has 0 saturated heterocycles. The summed E-state index contributed by atoms with van der Waals surface area (Å²) in [6.07, 6.45) is 1.55. The van der Waals surface area contributed by atoms with Crippen molar-refractivity contribution in [2.75, 3.05) is 13.2 Å². The number of hydrogen-bond acceptors (Lipinski definition) is 6. The second kappa shape index (κ2) is 11.7. The van der Waals surface area contributed by atoms with E-state index in [1.807, 2.05) is 27.7 Å². The summed E-state index contributed by atoms with van der Waals surface area (Å²) in [5.41, 5.74) is 0.393. The van der Waals surface area contributed by atoms with Crippen molar-refractivity contribution in [3.63, 3.8) is 0 Å². The van der Waals surface area contributed by atoms with Crippen molar-refractivity contribution < 1.29 is 28.7 Å². The van der Waals surface area contributed by atoms with E-state index in [9.17, 15) is 19.2 Å². The Morgan fingerprint density at radius 3 is 1.36 bits per heavy atom. The maximum absolute atomic E-state index is 12.0. The Balaban J connectivity index is 2.49. The van der Waals surface area contributed by atoms with Gasteiger partial charge in [0.15, 0.2) is 13.2 Å². The van der Waals surface area contributed by atoms with E-state index in [-0.39, 0.29) is 48.2 Å². The molecule has 1 aromatic rings. The Hall–Kier alpha value is -2.90. The maximum atomic E-state index is 12.0. The van der Waals surface area contributed by atoms with Gasteiger partial charge in [-0.05, 0) is 51.0 Å². The quantitative estimate of drug-likeness (QED) is 0.588. The molecule has 2 amide bonds. The normalized spacial score (nSPS) is 12.4. The molecule has 8 heteroatoms. The summed E-state index contributed by atoms with van der Waals surface area (Å²) in [5.74, 6) is -2.10. The molecule has 0 aliphatic carbocycles. The Bertz CT molecular complexity index is 627. The van der Waals surface area contributed by atoms with Crippen molar-refractivity contribution >= 4 is 23.8 Å². The topological polar surface area (TPSA) is 111 Å². The van der Waals surface area contributed by atoms with Crippen molar-refractivity contribution in [1.29, 1.82) is 0 Å². The average Bonchev–Trinajstić information content (AvgIpc) is 2.69. The van der Waals surface area contributed by atoms with Gasteiger partial charge >= 0.3 is 11.9 Å². The summed E-state index contributed by atoms with van der Waals surface area (Å²) in [6.45, 7) is 6.82. The molecular formula is C20H28N2O6. The summed E-state index contributed by atoms with van der Waals surface area (Å²) in [5, 5.41) is 5.38. The highest BCUT2D eigenvalue weighted by Crippen LogP contribution is 2.08. The molecule has 154 valence electrons. The van der Waals surface area contributed by atoms with E-state index in [0.29, 0.717) is 0 Å². The molecule has 0 spiro atoms. The van der Waals surface area contributed by atoms with Crippen molar-refractivity contribution in [2.45, 2.75) is 52.6 Å². The SMILES string of the molecule is CC[C@@H](C)NC(=O)COC(=O)c1ccc(C(=O)OCC(=O)N[C@H](C)CC)cc1. The third-order valence-corrected chi connectivity index (χ3v) is 4.06. The summed E-state index contributed by atoms with van der Waals surface area (Å²) in [4.78, 5) is 47.2. The molecule has 0 fully saturated rings. The number of hydrogen-bond donors (Lipinski definition) is 2. The zero-order chi connectivity index (χ0) is 21.1. The van der Waals surface area contributed by atoms with Gasteiger partial charge in [-0.2, -0.15) is 0 Å². The van der Waals surface area contributed by atoms with Gasteiger partial charge in [0.05, 0.1) is 11.1 Å². The smallest absolute Gasteiger partial charge is 0.338 e. The molecule has 0 radical (unpaired) electrons. The van der Waals surface area contributed by atoms with Crippen molar-refractivity contribution in [1.82, 2.24) is 10.6 Å². The van der Waals surface area contributed by atoms with Crippen LogP contribution in [-0.2, 0) is 19.1 Å². The third-order valence-electron chi connectivity index (χ3n) is 4.06. The first kappa shape index (κ1) is 23.1. The number of nitrogens with one attached hydrogen (secondary N) is 2. The van der Waals surface area contributed by atoms with Crippen LogP contribution in [0.25, 0.3) is 0 Å². The van der Waals surface area contributed by atoms with E-state index >= 15 is 0 Å². The molecule has 1 aromatic carbocycles. The second-order valence-electron chi connectivity index (χ2n) is 6.48. The summed E-state index contributed by atoms with van der Waals surface area (Å²) in [7, 11) is 0. The van der Waals surface area contributed by atoms with E-state index in [4.69, 9.17) is 9.47 Å². The van der Waals surface area contributed by atoms with Gasteiger partial charge in [0.1, 0.15) is 0 Å². The lowest BCUT2D eigenvalue weighted by Gasteiger charge is -2.12. The first-order chi connectivity index (χ1) is 13.3. The van der Waals surface area contributed by atoms with Crippen LogP contribution in [0.4, 0.5) is 0 Å². The third kappa shape index (κ3) is 8.20. The molecule has 8 nitrogen and oxygen atoms in total. The van der Waals surface area contributed by atoms with Gasteiger partial charge in [-0.1, -0.05) is 13.8 Å². The first-order valence-corrected chi connectivity index (χ1v) is 9.29. The lowest BCUT2D eigenvalue weighted by molar-refractivity contribution is -0.125. The van der Waals surface area contributed by atoms with Crippen LogP contribution in [0, 0.1) is 0 Å². The van der Waals surface area contributed by atoms with Crippen LogP contribution >= 0.6 is 0 Å².